The fourth-order valence-corrected chi connectivity index (χ4v) is 3.09. The van der Waals surface area contributed by atoms with Gasteiger partial charge < -0.3 is 24.7 Å². The Balaban J connectivity index is 4.57. The van der Waals surface area contributed by atoms with Gasteiger partial charge in [0.15, 0.2) is 0 Å². The third-order valence-corrected chi connectivity index (χ3v) is 4.22. The number of nitrogens with zero attached hydrogens (tertiary/aromatic N) is 1. The molecule has 0 amide bonds. The highest BCUT2D eigenvalue weighted by molar-refractivity contribution is 7.47. The van der Waals surface area contributed by atoms with Gasteiger partial charge in [0.2, 0.25) is 0 Å². The molecule has 0 aliphatic rings. The van der Waals surface area contributed by atoms with Crippen LogP contribution >= 0.6 is 7.82 Å². The summed E-state index contributed by atoms with van der Waals surface area (Å²) in [6, 6.07) is 0. The molecule has 0 heterocycles. The van der Waals surface area contributed by atoms with Crippen molar-refractivity contribution in [2.75, 3.05) is 52.6 Å². The highest BCUT2D eigenvalue weighted by Gasteiger charge is 2.31. The lowest BCUT2D eigenvalue weighted by molar-refractivity contribution is -0.929. The zero-order valence-corrected chi connectivity index (χ0v) is 14.0. The lowest BCUT2D eigenvalue weighted by Gasteiger charge is -2.37. The molecule has 0 saturated carbocycles. The second kappa shape index (κ2) is 9.17. The molecule has 0 aliphatic heterocycles. The zero-order valence-electron chi connectivity index (χ0n) is 13.1. The largest absolute Gasteiger partial charge is 0.472 e. The summed E-state index contributed by atoms with van der Waals surface area (Å²) in [5.74, 6) is 0. The van der Waals surface area contributed by atoms with Gasteiger partial charge in [0.05, 0.1) is 25.4 Å². The maximum atomic E-state index is 11.7. The summed E-state index contributed by atoms with van der Waals surface area (Å²) in [5, 5.41) is 27.4. The predicted octanol–water partition coefficient (Wildman–Crippen LogP) is -0.288. The SMILES string of the molecule is CC(C)(C)OP(=O)(O)OCC[N+](CCO)(CCO)CCO. The molecule has 9 heteroatoms. The van der Waals surface area contributed by atoms with E-state index >= 15 is 0 Å². The number of rotatable bonds is 11. The van der Waals surface area contributed by atoms with E-state index in [-0.39, 0.29) is 37.5 Å². The molecule has 0 bridgehead atoms. The number of phosphoric ester groups is 1. The molecule has 0 radical (unpaired) electrons. The Kier molecular flexibility index (Phi) is 9.15. The maximum absolute atomic E-state index is 11.7. The first-order valence-corrected chi connectivity index (χ1v) is 8.45. The lowest BCUT2D eigenvalue weighted by Crippen LogP contribution is -2.54. The van der Waals surface area contributed by atoms with E-state index in [2.05, 4.69) is 0 Å². The topological polar surface area (TPSA) is 116 Å². The number of phosphoric acid groups is 1. The van der Waals surface area contributed by atoms with Crippen LogP contribution in [0.2, 0.25) is 0 Å². The molecule has 21 heavy (non-hydrogen) atoms. The Morgan fingerprint density at radius 2 is 1.38 bits per heavy atom. The van der Waals surface area contributed by atoms with Crippen molar-refractivity contribution in [3.05, 3.63) is 0 Å². The minimum atomic E-state index is -4.15. The monoisotopic (exact) mass is 330 g/mol. The Morgan fingerprint density at radius 1 is 0.952 bits per heavy atom. The zero-order chi connectivity index (χ0) is 16.6. The summed E-state index contributed by atoms with van der Waals surface area (Å²) in [4.78, 5) is 9.59. The van der Waals surface area contributed by atoms with E-state index in [4.69, 9.17) is 24.4 Å². The summed E-state index contributed by atoms with van der Waals surface area (Å²) >= 11 is 0. The molecule has 0 spiro atoms. The fraction of sp³-hybridized carbons (Fsp3) is 1.00. The molecule has 0 saturated heterocycles. The average Bonchev–Trinajstić information content (AvgIpc) is 2.26. The van der Waals surface area contributed by atoms with E-state index in [1.807, 2.05) is 0 Å². The van der Waals surface area contributed by atoms with Crippen molar-refractivity contribution in [2.24, 2.45) is 0 Å². The van der Waals surface area contributed by atoms with Gasteiger partial charge in [0.25, 0.3) is 0 Å². The molecule has 0 fully saturated rings. The third-order valence-electron chi connectivity index (χ3n) is 2.93. The van der Waals surface area contributed by atoms with Crippen molar-refractivity contribution >= 4 is 7.82 Å². The first kappa shape index (κ1) is 20.9. The molecular formula is C12H29NO7P+. The molecule has 1 atom stereocenters. The molecule has 1 unspecified atom stereocenters. The number of quaternary nitrogens is 1. The van der Waals surface area contributed by atoms with Gasteiger partial charge in [0, 0.05) is 0 Å². The predicted molar refractivity (Wildman–Crippen MR) is 77.6 cm³/mol. The van der Waals surface area contributed by atoms with Crippen LogP contribution in [-0.4, -0.2) is 82.9 Å². The van der Waals surface area contributed by atoms with Crippen molar-refractivity contribution in [2.45, 2.75) is 26.4 Å². The Hall–Kier alpha value is -0.0500. The highest BCUT2D eigenvalue weighted by Crippen LogP contribution is 2.47. The molecule has 0 aliphatic carbocycles. The van der Waals surface area contributed by atoms with Crippen molar-refractivity contribution in [3.63, 3.8) is 0 Å². The average molecular weight is 330 g/mol. The van der Waals surface area contributed by atoms with Gasteiger partial charge in [-0.05, 0) is 20.8 Å². The molecule has 0 aromatic heterocycles. The van der Waals surface area contributed by atoms with Crippen LogP contribution in [0.1, 0.15) is 20.8 Å². The highest BCUT2D eigenvalue weighted by atomic mass is 31.2. The summed E-state index contributed by atoms with van der Waals surface area (Å²) in [6.07, 6.45) is 0. The smallest absolute Gasteiger partial charge is 0.391 e. The van der Waals surface area contributed by atoms with Crippen LogP contribution in [0.3, 0.4) is 0 Å². The summed E-state index contributed by atoms with van der Waals surface area (Å²) in [6.45, 7) is 5.74. The molecule has 0 rings (SSSR count). The Bertz CT molecular complexity index is 315. The van der Waals surface area contributed by atoms with Crippen LogP contribution in [0.4, 0.5) is 0 Å². The van der Waals surface area contributed by atoms with Crippen molar-refractivity contribution < 1.29 is 38.3 Å². The van der Waals surface area contributed by atoms with Crippen LogP contribution in [0.25, 0.3) is 0 Å². The van der Waals surface area contributed by atoms with Gasteiger partial charge in [0.1, 0.15) is 32.8 Å². The van der Waals surface area contributed by atoms with E-state index in [0.29, 0.717) is 19.6 Å². The van der Waals surface area contributed by atoms with Crippen molar-refractivity contribution in [3.8, 4) is 0 Å². The van der Waals surface area contributed by atoms with Gasteiger partial charge in [-0.1, -0.05) is 0 Å². The normalized spacial score (nSPS) is 16.0. The van der Waals surface area contributed by atoms with Crippen molar-refractivity contribution in [1.29, 1.82) is 0 Å². The summed E-state index contributed by atoms with van der Waals surface area (Å²) < 4.78 is 21.8. The second-order valence-corrected chi connectivity index (χ2v) is 7.29. The van der Waals surface area contributed by atoms with E-state index in [0.717, 1.165) is 0 Å². The van der Waals surface area contributed by atoms with Gasteiger partial charge >= 0.3 is 7.82 Å². The van der Waals surface area contributed by atoms with Crippen LogP contribution in [0.5, 0.6) is 0 Å². The van der Waals surface area contributed by atoms with Crippen LogP contribution in [0, 0.1) is 0 Å². The number of aliphatic hydroxyl groups excluding tert-OH is 3. The van der Waals surface area contributed by atoms with Gasteiger partial charge in [-0.3, -0.25) is 9.05 Å². The molecule has 4 N–H and O–H groups in total. The molecule has 128 valence electrons. The Morgan fingerprint density at radius 3 is 1.71 bits per heavy atom. The van der Waals surface area contributed by atoms with Gasteiger partial charge in [-0.25, -0.2) is 4.57 Å². The van der Waals surface area contributed by atoms with E-state index in [1.54, 1.807) is 20.8 Å². The Labute approximate surface area is 126 Å². The van der Waals surface area contributed by atoms with E-state index in [9.17, 15) is 9.46 Å². The molecular weight excluding hydrogens is 301 g/mol. The fourth-order valence-electron chi connectivity index (χ4n) is 2.03. The van der Waals surface area contributed by atoms with Crippen LogP contribution < -0.4 is 0 Å². The second-order valence-electron chi connectivity index (χ2n) is 5.91. The molecule has 0 aromatic carbocycles. The van der Waals surface area contributed by atoms with Crippen molar-refractivity contribution in [1.82, 2.24) is 0 Å². The van der Waals surface area contributed by atoms with E-state index in [1.165, 1.54) is 0 Å². The van der Waals surface area contributed by atoms with Gasteiger partial charge in [-0.15, -0.1) is 0 Å². The lowest BCUT2D eigenvalue weighted by atomic mass is 10.2. The third kappa shape index (κ3) is 9.55. The van der Waals surface area contributed by atoms with E-state index < -0.39 is 13.4 Å². The standard InChI is InChI=1S/C12H28NO7P/c1-12(2,3)20-21(17,18)19-11-7-13(4-8-14,5-9-15)6-10-16/h14-16H,4-11H2,1-3H3/p+1. The first-order chi connectivity index (χ1) is 9.60. The first-order valence-electron chi connectivity index (χ1n) is 6.95. The summed E-state index contributed by atoms with van der Waals surface area (Å²) in [5.41, 5.74) is -0.808. The number of hydrogen-bond acceptors (Lipinski definition) is 6. The minimum Gasteiger partial charge on any atom is -0.391 e. The van der Waals surface area contributed by atoms with Crippen LogP contribution in [0.15, 0.2) is 0 Å². The molecule has 8 nitrogen and oxygen atoms in total. The van der Waals surface area contributed by atoms with Gasteiger partial charge in [-0.2, -0.15) is 0 Å². The maximum Gasteiger partial charge on any atom is 0.472 e. The van der Waals surface area contributed by atoms with Crippen LogP contribution in [-0.2, 0) is 13.6 Å². The number of aliphatic hydroxyl groups is 3. The molecule has 0 aromatic rings. The minimum absolute atomic E-state index is 0.0795. The number of hydrogen-bond donors (Lipinski definition) is 4. The quantitative estimate of drug-likeness (QED) is 0.304. The summed E-state index contributed by atoms with van der Waals surface area (Å²) in [7, 11) is -4.15.